The average molecular weight is 252 g/mol. The van der Waals surface area contributed by atoms with Crippen molar-refractivity contribution in [2.45, 2.75) is 32.7 Å². The van der Waals surface area contributed by atoms with E-state index in [2.05, 4.69) is 34.7 Å². The lowest BCUT2D eigenvalue weighted by atomic mass is 10.0. The molecule has 1 aliphatic rings. The zero-order valence-electron chi connectivity index (χ0n) is 9.93. The van der Waals surface area contributed by atoms with Gasteiger partial charge in [0.2, 0.25) is 0 Å². The molecule has 0 saturated carbocycles. The van der Waals surface area contributed by atoms with Crippen molar-refractivity contribution in [1.29, 1.82) is 0 Å². The Morgan fingerprint density at radius 1 is 1.47 bits per heavy atom. The molecule has 2 N–H and O–H groups in total. The third kappa shape index (κ3) is 3.26. The monoisotopic (exact) mass is 252 g/mol. The first-order valence-electron chi connectivity index (χ1n) is 5.66. The minimum atomic E-state index is -0.272. The number of hydrogen-bond donors (Lipinski definition) is 2. The molecule has 0 aliphatic carbocycles. The van der Waals surface area contributed by atoms with Gasteiger partial charge in [0, 0.05) is 11.6 Å². The molecule has 0 bridgehead atoms. The quantitative estimate of drug-likeness (QED) is 0.844. The van der Waals surface area contributed by atoms with E-state index in [-0.39, 0.29) is 11.9 Å². The van der Waals surface area contributed by atoms with Crippen molar-refractivity contribution in [3.8, 4) is 0 Å². The van der Waals surface area contributed by atoms with Gasteiger partial charge in [-0.15, -0.1) is 11.3 Å². The smallest absolute Gasteiger partial charge is 0.263 e. The van der Waals surface area contributed by atoms with E-state index >= 15 is 0 Å². The predicted octanol–water partition coefficient (Wildman–Crippen LogP) is 1.13. The first-order valence-corrected chi connectivity index (χ1v) is 6.54. The van der Waals surface area contributed by atoms with Gasteiger partial charge in [0.05, 0.1) is 6.42 Å². The van der Waals surface area contributed by atoms with Crippen LogP contribution in [0.4, 0.5) is 0 Å². The van der Waals surface area contributed by atoms with Crippen molar-refractivity contribution >= 4 is 23.1 Å². The minimum Gasteiger partial charge on any atom is -0.285 e. The van der Waals surface area contributed by atoms with Crippen molar-refractivity contribution in [2.75, 3.05) is 0 Å². The predicted molar refractivity (Wildman–Crippen MR) is 67.8 cm³/mol. The SMILES string of the molecule is CC(C)CC1N=C(Cc2nccs2)NNC1=O. The highest BCUT2D eigenvalue weighted by Crippen LogP contribution is 2.12. The molecule has 0 spiro atoms. The van der Waals surface area contributed by atoms with Crippen molar-refractivity contribution in [2.24, 2.45) is 10.9 Å². The second kappa shape index (κ2) is 5.27. The van der Waals surface area contributed by atoms with Crippen molar-refractivity contribution in [3.63, 3.8) is 0 Å². The molecule has 0 saturated heterocycles. The summed E-state index contributed by atoms with van der Waals surface area (Å²) in [6, 6.07) is -0.272. The van der Waals surface area contributed by atoms with Crippen LogP contribution in [0.25, 0.3) is 0 Å². The fraction of sp³-hybridized carbons (Fsp3) is 0.545. The Balaban J connectivity index is 2.04. The number of aromatic nitrogens is 1. The van der Waals surface area contributed by atoms with E-state index < -0.39 is 0 Å². The van der Waals surface area contributed by atoms with E-state index in [0.717, 1.165) is 17.3 Å². The molecule has 1 amide bonds. The fourth-order valence-corrected chi connectivity index (χ4v) is 2.30. The van der Waals surface area contributed by atoms with Gasteiger partial charge in [0.1, 0.15) is 16.9 Å². The molecule has 92 valence electrons. The summed E-state index contributed by atoms with van der Waals surface area (Å²) in [5.41, 5.74) is 5.48. The van der Waals surface area contributed by atoms with Gasteiger partial charge in [-0.3, -0.25) is 20.6 Å². The molecule has 1 aromatic heterocycles. The second-order valence-corrected chi connectivity index (χ2v) is 5.42. The Bertz CT molecular complexity index is 413. The van der Waals surface area contributed by atoms with Gasteiger partial charge < -0.3 is 0 Å². The van der Waals surface area contributed by atoms with Crippen molar-refractivity contribution in [1.82, 2.24) is 15.8 Å². The van der Waals surface area contributed by atoms with Crippen LogP contribution in [0.1, 0.15) is 25.3 Å². The molecule has 2 heterocycles. The van der Waals surface area contributed by atoms with Crippen molar-refractivity contribution < 1.29 is 4.79 Å². The lowest BCUT2D eigenvalue weighted by Gasteiger charge is -2.22. The van der Waals surface area contributed by atoms with E-state index in [1.54, 1.807) is 17.5 Å². The number of thiazole rings is 1. The van der Waals surface area contributed by atoms with Gasteiger partial charge in [0.25, 0.3) is 5.91 Å². The molecule has 0 aromatic carbocycles. The maximum absolute atomic E-state index is 11.6. The summed E-state index contributed by atoms with van der Waals surface area (Å²) in [5, 5.41) is 2.93. The number of hydrogen-bond acceptors (Lipinski definition) is 5. The van der Waals surface area contributed by atoms with Gasteiger partial charge in [-0.05, 0) is 12.3 Å². The van der Waals surface area contributed by atoms with E-state index in [4.69, 9.17) is 0 Å². The van der Waals surface area contributed by atoms with Gasteiger partial charge >= 0.3 is 0 Å². The van der Waals surface area contributed by atoms with Crippen molar-refractivity contribution in [3.05, 3.63) is 16.6 Å². The summed E-state index contributed by atoms with van der Waals surface area (Å²) in [4.78, 5) is 20.2. The largest absolute Gasteiger partial charge is 0.285 e. The Kier molecular flexibility index (Phi) is 3.73. The summed E-state index contributed by atoms with van der Waals surface area (Å²) in [6.07, 6.45) is 3.19. The summed E-state index contributed by atoms with van der Waals surface area (Å²) in [6.45, 7) is 4.18. The Hall–Kier alpha value is -1.43. The molecule has 1 unspecified atom stereocenters. The molecule has 5 nitrogen and oxygen atoms in total. The number of carbonyl (C=O) groups excluding carboxylic acids is 1. The number of carbonyl (C=O) groups is 1. The highest BCUT2D eigenvalue weighted by molar-refractivity contribution is 7.09. The summed E-state index contributed by atoms with van der Waals surface area (Å²) in [7, 11) is 0. The molecule has 2 rings (SSSR count). The van der Waals surface area contributed by atoms with E-state index in [9.17, 15) is 4.79 Å². The average Bonchev–Trinajstić information content (AvgIpc) is 2.75. The van der Waals surface area contributed by atoms with Crippen LogP contribution in [0, 0.1) is 5.92 Å². The van der Waals surface area contributed by atoms with Crippen LogP contribution in [-0.4, -0.2) is 22.8 Å². The van der Waals surface area contributed by atoms with Crippen LogP contribution in [-0.2, 0) is 11.2 Å². The molecule has 0 radical (unpaired) electrons. The maximum Gasteiger partial charge on any atom is 0.263 e. The zero-order chi connectivity index (χ0) is 12.3. The van der Waals surface area contributed by atoms with Crippen LogP contribution in [0.5, 0.6) is 0 Å². The lowest BCUT2D eigenvalue weighted by molar-refractivity contribution is -0.123. The Labute approximate surface area is 104 Å². The van der Waals surface area contributed by atoms with Gasteiger partial charge in [-0.2, -0.15) is 0 Å². The lowest BCUT2D eigenvalue weighted by Crippen LogP contribution is -2.52. The highest BCUT2D eigenvalue weighted by atomic mass is 32.1. The minimum absolute atomic E-state index is 0.0541. The molecule has 1 aliphatic heterocycles. The van der Waals surface area contributed by atoms with Gasteiger partial charge in [-0.25, -0.2) is 4.98 Å². The Morgan fingerprint density at radius 2 is 2.29 bits per heavy atom. The number of amidine groups is 1. The van der Waals surface area contributed by atoms with Gasteiger partial charge in [0.15, 0.2) is 0 Å². The van der Waals surface area contributed by atoms with Crippen LogP contribution >= 0.6 is 11.3 Å². The maximum atomic E-state index is 11.6. The number of aliphatic imine (C=N–C) groups is 1. The molecular formula is C11H16N4OS. The first kappa shape index (κ1) is 12.0. The zero-order valence-corrected chi connectivity index (χ0v) is 10.8. The number of amides is 1. The molecule has 1 atom stereocenters. The summed E-state index contributed by atoms with van der Waals surface area (Å²) >= 11 is 1.59. The Morgan fingerprint density at radius 3 is 2.94 bits per heavy atom. The van der Waals surface area contributed by atoms with Crippen LogP contribution in [0.15, 0.2) is 16.6 Å². The molecular weight excluding hydrogens is 236 g/mol. The van der Waals surface area contributed by atoms with E-state index in [0.29, 0.717) is 12.3 Å². The molecule has 6 heteroatoms. The van der Waals surface area contributed by atoms with E-state index in [1.165, 1.54) is 0 Å². The number of rotatable bonds is 4. The van der Waals surface area contributed by atoms with Crippen LogP contribution in [0.2, 0.25) is 0 Å². The molecule has 17 heavy (non-hydrogen) atoms. The number of hydrazine groups is 1. The molecule has 1 aromatic rings. The third-order valence-corrected chi connectivity index (χ3v) is 3.22. The second-order valence-electron chi connectivity index (χ2n) is 4.44. The summed E-state index contributed by atoms with van der Waals surface area (Å²) in [5.74, 6) is 1.18. The fourth-order valence-electron chi connectivity index (χ4n) is 1.68. The van der Waals surface area contributed by atoms with Crippen LogP contribution in [0.3, 0.4) is 0 Å². The topological polar surface area (TPSA) is 66.4 Å². The van der Waals surface area contributed by atoms with E-state index in [1.807, 2.05) is 5.38 Å². The van der Waals surface area contributed by atoms with Crippen LogP contribution < -0.4 is 10.9 Å². The number of nitrogens with one attached hydrogen (secondary N) is 2. The number of nitrogens with zero attached hydrogens (tertiary/aromatic N) is 2. The summed E-state index contributed by atoms with van der Waals surface area (Å²) < 4.78 is 0. The third-order valence-electron chi connectivity index (χ3n) is 2.44. The van der Waals surface area contributed by atoms with Gasteiger partial charge in [-0.1, -0.05) is 13.8 Å². The highest BCUT2D eigenvalue weighted by Gasteiger charge is 2.23. The first-order chi connectivity index (χ1) is 8.15. The standard InChI is InChI=1S/C11H16N4OS/c1-7(2)5-8-11(16)15-14-9(13-8)6-10-12-3-4-17-10/h3-4,7-8H,5-6H2,1-2H3,(H,13,14)(H,15,16). The normalized spacial score (nSPS) is 19.8. The molecule has 0 fully saturated rings.